The van der Waals surface area contributed by atoms with Gasteiger partial charge >= 0.3 is 0 Å². The van der Waals surface area contributed by atoms with E-state index in [0.29, 0.717) is 0 Å². The summed E-state index contributed by atoms with van der Waals surface area (Å²) in [5.74, 6) is 0. The first-order valence-corrected chi connectivity index (χ1v) is 5.52. The molecule has 2 aromatic rings. The predicted molar refractivity (Wildman–Crippen MR) is 68.5 cm³/mol. The fourth-order valence-electron chi connectivity index (χ4n) is 1.25. The number of nitrogens with two attached hydrogens (primary N) is 1. The van der Waals surface area contributed by atoms with Gasteiger partial charge in [-0.25, -0.2) is 0 Å². The van der Waals surface area contributed by atoms with Crippen molar-refractivity contribution in [2.75, 3.05) is 5.73 Å². The summed E-state index contributed by atoms with van der Waals surface area (Å²) >= 11 is 0. The number of anilines is 1. The minimum Gasteiger partial charge on any atom is -0.412 e. The van der Waals surface area contributed by atoms with E-state index in [0.717, 1.165) is 14.3 Å². The van der Waals surface area contributed by atoms with E-state index in [1.807, 2.05) is 18.2 Å². The highest BCUT2D eigenvalue weighted by Gasteiger charge is 1.94. The van der Waals surface area contributed by atoms with Crippen LogP contribution in [0.15, 0.2) is 54.6 Å². The molecule has 1 atom stereocenters. The molecule has 0 aromatic heterocycles. The lowest BCUT2D eigenvalue weighted by Crippen LogP contribution is -2.02. The molecule has 4 N–H and O–H groups in total. The molecule has 0 saturated heterocycles. The van der Waals surface area contributed by atoms with Crippen LogP contribution in [0.25, 0.3) is 0 Å². The molecule has 0 bridgehead atoms. The minimum absolute atomic E-state index is 0. The Balaban J connectivity index is 0.00000112. The molecule has 0 spiro atoms. The second kappa shape index (κ2) is 5.50. The van der Waals surface area contributed by atoms with Crippen LogP contribution in [0.4, 0.5) is 5.69 Å². The summed E-state index contributed by atoms with van der Waals surface area (Å²) in [5.41, 5.74) is 6.45. The molecule has 3 heteroatoms. The van der Waals surface area contributed by atoms with Crippen molar-refractivity contribution in [3.8, 4) is 0 Å². The standard InChI is InChI=1S/C12H12NP.H2O/c13-10-6-8-12(9-7-10)14-11-4-2-1-3-5-11;/h1-9,14H,13H2;1H2. The molecular formula is C12H14NOP. The molecule has 0 radical (unpaired) electrons. The Morgan fingerprint density at radius 2 is 1.27 bits per heavy atom. The van der Waals surface area contributed by atoms with Gasteiger partial charge in [0.1, 0.15) is 0 Å². The first kappa shape index (κ1) is 11.7. The van der Waals surface area contributed by atoms with Crippen molar-refractivity contribution in [1.29, 1.82) is 0 Å². The third-order valence-electron chi connectivity index (χ3n) is 1.97. The molecule has 0 saturated carbocycles. The SMILES string of the molecule is Nc1ccc(Pc2ccccc2)cc1.O. The zero-order valence-corrected chi connectivity index (χ0v) is 9.27. The van der Waals surface area contributed by atoms with Crippen LogP contribution < -0.4 is 16.3 Å². The first-order valence-electron chi connectivity index (χ1n) is 4.52. The van der Waals surface area contributed by atoms with Gasteiger partial charge in [-0.2, -0.15) is 0 Å². The number of benzene rings is 2. The van der Waals surface area contributed by atoms with Crippen molar-refractivity contribution in [3.05, 3.63) is 54.6 Å². The van der Waals surface area contributed by atoms with Gasteiger partial charge in [-0.3, -0.25) is 0 Å². The Labute approximate surface area is 91.2 Å². The van der Waals surface area contributed by atoms with E-state index in [2.05, 4.69) is 36.4 Å². The van der Waals surface area contributed by atoms with Crippen molar-refractivity contribution < 1.29 is 5.48 Å². The lowest BCUT2D eigenvalue weighted by Gasteiger charge is -2.01. The molecule has 78 valence electrons. The molecule has 0 fully saturated rings. The van der Waals surface area contributed by atoms with Crippen LogP contribution in [0, 0.1) is 0 Å². The summed E-state index contributed by atoms with van der Waals surface area (Å²) in [5, 5.41) is 2.68. The van der Waals surface area contributed by atoms with Crippen molar-refractivity contribution in [2.45, 2.75) is 0 Å². The molecule has 0 aliphatic heterocycles. The maximum atomic E-state index is 5.62. The largest absolute Gasteiger partial charge is 0.412 e. The zero-order valence-electron chi connectivity index (χ0n) is 8.27. The number of hydrogen-bond donors (Lipinski definition) is 1. The van der Waals surface area contributed by atoms with Gasteiger partial charge in [0.05, 0.1) is 0 Å². The molecule has 2 rings (SSSR count). The van der Waals surface area contributed by atoms with E-state index in [9.17, 15) is 0 Å². The molecule has 2 aromatic carbocycles. The van der Waals surface area contributed by atoms with Crippen LogP contribution >= 0.6 is 8.58 Å². The van der Waals surface area contributed by atoms with Crippen LogP contribution in [-0.4, -0.2) is 5.48 Å². The maximum absolute atomic E-state index is 5.62. The van der Waals surface area contributed by atoms with Gasteiger partial charge in [0, 0.05) is 5.69 Å². The van der Waals surface area contributed by atoms with Crippen LogP contribution in [0.2, 0.25) is 0 Å². The highest BCUT2D eigenvalue weighted by molar-refractivity contribution is 7.55. The first-order chi connectivity index (χ1) is 6.84. The fourth-order valence-corrected chi connectivity index (χ4v) is 2.28. The molecule has 1 unspecified atom stereocenters. The molecule has 15 heavy (non-hydrogen) atoms. The highest BCUT2D eigenvalue weighted by atomic mass is 31.1. The summed E-state index contributed by atoms with van der Waals surface area (Å²) in [6.07, 6.45) is 0. The van der Waals surface area contributed by atoms with E-state index < -0.39 is 0 Å². The lowest BCUT2D eigenvalue weighted by atomic mass is 10.3. The second-order valence-corrected chi connectivity index (χ2v) is 4.52. The Hall–Kier alpha value is -1.37. The number of hydrogen-bond acceptors (Lipinski definition) is 1. The van der Waals surface area contributed by atoms with Gasteiger partial charge in [0.15, 0.2) is 0 Å². The van der Waals surface area contributed by atoms with Crippen molar-refractivity contribution in [3.63, 3.8) is 0 Å². The van der Waals surface area contributed by atoms with Gasteiger partial charge in [0.25, 0.3) is 0 Å². The Bertz CT molecular complexity index is 400. The van der Waals surface area contributed by atoms with Gasteiger partial charge in [-0.15, -0.1) is 0 Å². The van der Waals surface area contributed by atoms with Crippen LogP contribution in [0.1, 0.15) is 0 Å². The monoisotopic (exact) mass is 219 g/mol. The smallest absolute Gasteiger partial charge is 0.0314 e. The second-order valence-electron chi connectivity index (χ2n) is 3.11. The van der Waals surface area contributed by atoms with E-state index >= 15 is 0 Å². The fraction of sp³-hybridized carbons (Fsp3) is 0. The van der Waals surface area contributed by atoms with Crippen LogP contribution in [0.3, 0.4) is 0 Å². The van der Waals surface area contributed by atoms with E-state index in [1.165, 1.54) is 10.6 Å². The van der Waals surface area contributed by atoms with Gasteiger partial charge in [-0.05, 0) is 22.7 Å². The Morgan fingerprint density at radius 3 is 1.87 bits per heavy atom. The number of rotatable bonds is 2. The molecule has 0 aliphatic rings. The highest BCUT2D eigenvalue weighted by Crippen LogP contribution is 2.11. The molecule has 0 amide bonds. The molecule has 0 aliphatic carbocycles. The van der Waals surface area contributed by atoms with Gasteiger partial charge in [0.2, 0.25) is 0 Å². The quantitative estimate of drug-likeness (QED) is 0.596. The van der Waals surface area contributed by atoms with Crippen LogP contribution in [-0.2, 0) is 0 Å². The molecule has 0 heterocycles. The average molecular weight is 219 g/mol. The lowest BCUT2D eigenvalue weighted by molar-refractivity contribution is 0.824. The average Bonchev–Trinajstić information content (AvgIpc) is 2.23. The minimum atomic E-state index is 0. The van der Waals surface area contributed by atoms with Crippen LogP contribution in [0.5, 0.6) is 0 Å². The van der Waals surface area contributed by atoms with Crippen molar-refractivity contribution in [2.24, 2.45) is 0 Å². The van der Waals surface area contributed by atoms with Crippen molar-refractivity contribution in [1.82, 2.24) is 0 Å². The van der Waals surface area contributed by atoms with Gasteiger partial charge in [-0.1, -0.05) is 51.0 Å². The Kier molecular flexibility index (Phi) is 4.29. The summed E-state index contributed by atoms with van der Waals surface area (Å²) < 4.78 is 0. The maximum Gasteiger partial charge on any atom is 0.0314 e. The summed E-state index contributed by atoms with van der Waals surface area (Å²) in [6, 6.07) is 18.5. The van der Waals surface area contributed by atoms with E-state index in [4.69, 9.17) is 5.73 Å². The number of nitrogen functional groups attached to an aromatic ring is 1. The third-order valence-corrected chi connectivity index (χ3v) is 3.22. The summed E-state index contributed by atoms with van der Waals surface area (Å²) in [6.45, 7) is 0. The normalized spacial score (nSPS) is 10.1. The topological polar surface area (TPSA) is 57.5 Å². The zero-order chi connectivity index (χ0) is 9.80. The summed E-state index contributed by atoms with van der Waals surface area (Å²) in [7, 11) is 0.718. The van der Waals surface area contributed by atoms with E-state index in [-0.39, 0.29) is 5.48 Å². The van der Waals surface area contributed by atoms with E-state index in [1.54, 1.807) is 0 Å². The van der Waals surface area contributed by atoms with Crippen molar-refractivity contribution >= 4 is 24.9 Å². The predicted octanol–water partition coefficient (Wildman–Crippen LogP) is 1.07. The third kappa shape index (κ3) is 3.35. The van der Waals surface area contributed by atoms with Gasteiger partial charge < -0.3 is 11.2 Å². The summed E-state index contributed by atoms with van der Waals surface area (Å²) in [4.78, 5) is 0. The molecule has 2 nitrogen and oxygen atoms in total. The molecular weight excluding hydrogens is 205 g/mol. The Morgan fingerprint density at radius 1 is 0.733 bits per heavy atom.